The van der Waals surface area contributed by atoms with Crippen molar-refractivity contribution in [1.29, 1.82) is 0 Å². The molecule has 0 amide bonds. The summed E-state index contributed by atoms with van der Waals surface area (Å²) >= 11 is 6.33. The van der Waals surface area contributed by atoms with Gasteiger partial charge in [0.05, 0.1) is 18.2 Å². The Morgan fingerprint density at radius 1 is 1.14 bits per heavy atom. The third kappa shape index (κ3) is 5.43. The van der Waals surface area contributed by atoms with E-state index < -0.39 is 0 Å². The molecule has 0 saturated carbocycles. The van der Waals surface area contributed by atoms with Crippen LogP contribution in [0.2, 0.25) is 5.02 Å². The van der Waals surface area contributed by atoms with Gasteiger partial charge in [-0.05, 0) is 23.6 Å². The Morgan fingerprint density at radius 3 is 2.61 bits per heavy atom. The Labute approximate surface area is 172 Å². The molecule has 156 valence electrons. The Hall–Kier alpha value is -1.70. The van der Waals surface area contributed by atoms with E-state index in [1.54, 1.807) is 7.05 Å². The predicted molar refractivity (Wildman–Crippen MR) is 112 cm³/mol. The highest BCUT2D eigenvalue weighted by molar-refractivity contribution is 6.32. The van der Waals surface area contributed by atoms with Gasteiger partial charge in [0.2, 0.25) is 0 Å². The fraction of sp³-hybridized carbons (Fsp3) is 0.650. The molecule has 0 radical (unpaired) electrons. The first kappa shape index (κ1) is 21.0. The van der Waals surface area contributed by atoms with Gasteiger partial charge in [-0.2, -0.15) is 0 Å². The zero-order valence-electron chi connectivity index (χ0n) is 17.0. The molecule has 1 atom stereocenters. The first-order chi connectivity index (χ1) is 13.6. The summed E-state index contributed by atoms with van der Waals surface area (Å²) in [5, 5.41) is 7.39. The van der Waals surface area contributed by atoms with Crippen LogP contribution in [0.25, 0.3) is 0 Å². The topological polar surface area (TPSA) is 67.4 Å². The number of halogens is 1. The van der Waals surface area contributed by atoms with E-state index >= 15 is 0 Å². The number of fused-ring (bicyclic) bond motifs is 1. The Morgan fingerprint density at radius 2 is 1.89 bits per heavy atom. The fourth-order valence-electron chi connectivity index (χ4n) is 3.57. The Bertz CT molecular complexity index is 678. The summed E-state index contributed by atoms with van der Waals surface area (Å²) in [6.45, 7) is 10.6. The van der Waals surface area contributed by atoms with Crippen LogP contribution in [0, 0.1) is 5.92 Å². The lowest BCUT2D eigenvalue weighted by atomic mass is 10.0. The summed E-state index contributed by atoms with van der Waals surface area (Å²) in [6, 6.07) is 4.30. The number of hydrogen-bond donors (Lipinski definition) is 2. The average Bonchev–Trinajstić information content (AvgIpc) is 2.71. The van der Waals surface area contributed by atoms with Crippen LogP contribution in [-0.4, -0.2) is 70.0 Å². The van der Waals surface area contributed by atoms with Gasteiger partial charge in [0.15, 0.2) is 17.5 Å². The Kier molecular flexibility index (Phi) is 7.65. The van der Waals surface area contributed by atoms with E-state index in [2.05, 4.69) is 34.4 Å². The Balaban J connectivity index is 1.55. The summed E-state index contributed by atoms with van der Waals surface area (Å²) in [7, 11) is 1.78. The van der Waals surface area contributed by atoms with Crippen molar-refractivity contribution in [1.82, 2.24) is 15.5 Å². The van der Waals surface area contributed by atoms with Crippen molar-refractivity contribution in [3.8, 4) is 11.5 Å². The molecule has 2 heterocycles. The first-order valence-electron chi connectivity index (χ1n) is 9.93. The van der Waals surface area contributed by atoms with E-state index in [9.17, 15) is 0 Å². The standard InChI is InChI=1S/C20H31ClN4O3/c1-14(2)17(25-4-6-26-7-5-25)13-24-20(22-3)23-12-15-10-16(21)19-18(11-15)27-8-9-28-19/h10-11,14,17H,4-9,12-13H2,1-3H3,(H2,22,23,24). The van der Waals surface area contributed by atoms with E-state index in [1.165, 1.54) is 0 Å². The molecule has 0 bridgehead atoms. The van der Waals surface area contributed by atoms with Crippen LogP contribution < -0.4 is 20.1 Å². The molecule has 7 nitrogen and oxygen atoms in total. The van der Waals surface area contributed by atoms with Gasteiger partial charge < -0.3 is 24.8 Å². The number of morpholine rings is 1. The second-order valence-corrected chi connectivity index (χ2v) is 7.78. The number of guanidine groups is 1. The molecular formula is C20H31ClN4O3. The smallest absolute Gasteiger partial charge is 0.191 e. The van der Waals surface area contributed by atoms with Crippen LogP contribution >= 0.6 is 11.6 Å². The lowest BCUT2D eigenvalue weighted by molar-refractivity contribution is 0.00752. The van der Waals surface area contributed by atoms with E-state index in [0.717, 1.165) is 44.4 Å². The summed E-state index contributed by atoms with van der Waals surface area (Å²) < 4.78 is 16.7. The fourth-order valence-corrected chi connectivity index (χ4v) is 3.86. The summed E-state index contributed by atoms with van der Waals surface area (Å²) in [6.07, 6.45) is 0. The summed E-state index contributed by atoms with van der Waals surface area (Å²) in [4.78, 5) is 6.85. The molecule has 1 fully saturated rings. The molecule has 2 aliphatic heterocycles. The van der Waals surface area contributed by atoms with Crippen molar-refractivity contribution in [3.63, 3.8) is 0 Å². The van der Waals surface area contributed by atoms with E-state index in [1.807, 2.05) is 12.1 Å². The molecular weight excluding hydrogens is 380 g/mol. The third-order valence-electron chi connectivity index (χ3n) is 5.10. The number of ether oxygens (including phenoxy) is 3. The highest BCUT2D eigenvalue weighted by Crippen LogP contribution is 2.38. The molecule has 1 aromatic carbocycles. The number of benzene rings is 1. The molecule has 8 heteroatoms. The molecule has 1 unspecified atom stereocenters. The van der Waals surface area contributed by atoms with Crippen LogP contribution in [0.5, 0.6) is 11.5 Å². The van der Waals surface area contributed by atoms with Crippen molar-refractivity contribution >= 4 is 17.6 Å². The maximum absolute atomic E-state index is 6.33. The quantitative estimate of drug-likeness (QED) is 0.553. The number of nitrogens with one attached hydrogen (secondary N) is 2. The highest BCUT2D eigenvalue weighted by atomic mass is 35.5. The molecule has 2 N–H and O–H groups in total. The number of aliphatic imine (C=N–C) groups is 1. The van der Waals surface area contributed by atoms with Gasteiger partial charge in [-0.3, -0.25) is 9.89 Å². The van der Waals surface area contributed by atoms with Gasteiger partial charge >= 0.3 is 0 Å². The van der Waals surface area contributed by atoms with Crippen LogP contribution in [0.4, 0.5) is 0 Å². The minimum atomic E-state index is 0.436. The van der Waals surface area contributed by atoms with Crippen molar-refractivity contribution in [2.45, 2.75) is 26.4 Å². The molecule has 1 saturated heterocycles. The van der Waals surface area contributed by atoms with E-state index in [0.29, 0.717) is 48.2 Å². The van der Waals surface area contributed by atoms with Crippen LogP contribution in [-0.2, 0) is 11.3 Å². The number of hydrogen-bond acceptors (Lipinski definition) is 5. The molecule has 1 aromatic rings. The average molecular weight is 411 g/mol. The van der Waals surface area contributed by atoms with E-state index in [-0.39, 0.29) is 0 Å². The molecule has 28 heavy (non-hydrogen) atoms. The van der Waals surface area contributed by atoms with Gasteiger partial charge in [0, 0.05) is 39.3 Å². The normalized spacial score (nSPS) is 18.8. The number of rotatable bonds is 6. The SMILES string of the molecule is CN=C(NCc1cc(Cl)c2c(c1)OCCO2)NCC(C(C)C)N1CCOCC1. The van der Waals surface area contributed by atoms with E-state index in [4.69, 9.17) is 25.8 Å². The second-order valence-electron chi connectivity index (χ2n) is 7.37. The van der Waals surface area contributed by atoms with Gasteiger partial charge in [-0.1, -0.05) is 25.4 Å². The maximum Gasteiger partial charge on any atom is 0.191 e. The second kappa shape index (κ2) is 10.2. The monoisotopic (exact) mass is 410 g/mol. The minimum Gasteiger partial charge on any atom is -0.486 e. The van der Waals surface area contributed by atoms with Crippen molar-refractivity contribution in [2.75, 3.05) is 53.1 Å². The van der Waals surface area contributed by atoms with Crippen LogP contribution in [0.1, 0.15) is 19.4 Å². The first-order valence-corrected chi connectivity index (χ1v) is 10.3. The third-order valence-corrected chi connectivity index (χ3v) is 5.38. The molecule has 0 spiro atoms. The van der Waals surface area contributed by atoms with Gasteiger partial charge in [-0.15, -0.1) is 0 Å². The minimum absolute atomic E-state index is 0.436. The van der Waals surface area contributed by atoms with Crippen LogP contribution in [0.3, 0.4) is 0 Å². The molecule has 3 rings (SSSR count). The zero-order chi connectivity index (χ0) is 19.9. The molecule has 2 aliphatic rings. The van der Waals surface area contributed by atoms with Gasteiger partial charge in [0.1, 0.15) is 13.2 Å². The summed E-state index contributed by atoms with van der Waals surface area (Å²) in [5.74, 6) is 2.64. The number of nitrogens with zero attached hydrogens (tertiary/aromatic N) is 2. The van der Waals surface area contributed by atoms with Crippen molar-refractivity contribution in [2.24, 2.45) is 10.9 Å². The summed E-state index contributed by atoms with van der Waals surface area (Å²) in [5.41, 5.74) is 1.02. The maximum atomic E-state index is 6.33. The lowest BCUT2D eigenvalue weighted by Crippen LogP contribution is -2.52. The lowest BCUT2D eigenvalue weighted by Gasteiger charge is -2.37. The highest BCUT2D eigenvalue weighted by Gasteiger charge is 2.24. The van der Waals surface area contributed by atoms with Crippen molar-refractivity contribution < 1.29 is 14.2 Å². The van der Waals surface area contributed by atoms with Crippen molar-refractivity contribution in [3.05, 3.63) is 22.7 Å². The predicted octanol–water partition coefficient (Wildman–Crippen LogP) is 2.13. The van der Waals surface area contributed by atoms with Gasteiger partial charge in [-0.25, -0.2) is 0 Å². The largest absolute Gasteiger partial charge is 0.486 e. The zero-order valence-corrected chi connectivity index (χ0v) is 17.7. The van der Waals surface area contributed by atoms with Crippen LogP contribution in [0.15, 0.2) is 17.1 Å². The molecule has 0 aromatic heterocycles. The van der Waals surface area contributed by atoms with Gasteiger partial charge in [0.25, 0.3) is 0 Å². The molecule has 0 aliphatic carbocycles.